The predicted molar refractivity (Wildman–Crippen MR) is 84.5 cm³/mol. The molecule has 1 atom stereocenters. The lowest BCUT2D eigenvalue weighted by Gasteiger charge is -2.14. The van der Waals surface area contributed by atoms with Gasteiger partial charge in [-0.05, 0) is 30.7 Å². The number of anilines is 1. The molecule has 0 aliphatic carbocycles. The zero-order chi connectivity index (χ0) is 18.6. The van der Waals surface area contributed by atoms with Gasteiger partial charge in [0, 0.05) is 5.69 Å². The molecule has 10 heteroatoms. The molecule has 1 aromatic heterocycles. The van der Waals surface area contributed by atoms with Crippen molar-refractivity contribution in [1.29, 1.82) is 0 Å². The van der Waals surface area contributed by atoms with E-state index in [-0.39, 0.29) is 23.9 Å². The fourth-order valence-corrected chi connectivity index (χ4v) is 2.12. The molecular formula is C15H16F2N4O4. The van der Waals surface area contributed by atoms with E-state index in [1.165, 1.54) is 29.1 Å². The molecule has 2 aromatic rings. The number of nitrogens with one attached hydrogen (secondary N) is 1. The molecule has 0 aliphatic heterocycles. The number of aromatic nitrogens is 2. The molecule has 0 fully saturated rings. The van der Waals surface area contributed by atoms with Gasteiger partial charge in [-0.3, -0.25) is 19.6 Å². The van der Waals surface area contributed by atoms with E-state index in [2.05, 4.69) is 15.2 Å². The molecule has 1 N–H and O–H groups in total. The van der Waals surface area contributed by atoms with E-state index in [1.54, 1.807) is 13.8 Å². The number of nitro groups is 1. The van der Waals surface area contributed by atoms with Crippen LogP contribution in [0, 0.1) is 23.0 Å². The van der Waals surface area contributed by atoms with E-state index in [4.69, 9.17) is 0 Å². The summed E-state index contributed by atoms with van der Waals surface area (Å²) in [5, 5.41) is 17.1. The standard InChI is InChI=1S/C15H16F2N4O4/c1-9-5-12(25-15(16)17)3-4-13(9)19-14(22)10(2)7-20-8-11(6-18-20)21(23)24/h3-6,8,10,15H,7H2,1-2H3,(H,19,22). The number of alkyl halides is 2. The van der Waals surface area contributed by atoms with Crippen LogP contribution in [0.15, 0.2) is 30.6 Å². The van der Waals surface area contributed by atoms with E-state index in [1.807, 2.05) is 0 Å². The monoisotopic (exact) mass is 354 g/mol. The van der Waals surface area contributed by atoms with Crippen LogP contribution in [0.25, 0.3) is 0 Å². The van der Waals surface area contributed by atoms with Crippen LogP contribution >= 0.6 is 0 Å². The fourth-order valence-electron chi connectivity index (χ4n) is 2.12. The van der Waals surface area contributed by atoms with Crippen LogP contribution in [0.1, 0.15) is 12.5 Å². The Kier molecular flexibility index (Phi) is 5.63. The lowest BCUT2D eigenvalue weighted by molar-refractivity contribution is -0.385. The highest BCUT2D eigenvalue weighted by Gasteiger charge is 2.17. The first kappa shape index (κ1) is 18.3. The molecular weight excluding hydrogens is 338 g/mol. The Labute approximate surface area is 141 Å². The van der Waals surface area contributed by atoms with Crippen LogP contribution in [0.4, 0.5) is 20.2 Å². The van der Waals surface area contributed by atoms with Crippen LogP contribution in [0.3, 0.4) is 0 Å². The quantitative estimate of drug-likeness (QED) is 0.609. The summed E-state index contributed by atoms with van der Waals surface area (Å²) in [7, 11) is 0. The van der Waals surface area contributed by atoms with Crippen molar-refractivity contribution in [3.05, 3.63) is 46.3 Å². The minimum Gasteiger partial charge on any atom is -0.435 e. The molecule has 134 valence electrons. The molecule has 25 heavy (non-hydrogen) atoms. The molecule has 2 rings (SSSR count). The minimum absolute atomic E-state index is 0.00222. The third kappa shape index (κ3) is 4.96. The van der Waals surface area contributed by atoms with Crippen molar-refractivity contribution in [1.82, 2.24) is 9.78 Å². The maximum Gasteiger partial charge on any atom is 0.387 e. The summed E-state index contributed by atoms with van der Waals surface area (Å²) in [6, 6.07) is 4.19. The summed E-state index contributed by atoms with van der Waals surface area (Å²) in [5.74, 6) is -0.845. The Morgan fingerprint density at radius 3 is 2.76 bits per heavy atom. The largest absolute Gasteiger partial charge is 0.435 e. The Bertz CT molecular complexity index is 779. The van der Waals surface area contributed by atoms with Gasteiger partial charge in [0.1, 0.15) is 18.1 Å². The van der Waals surface area contributed by atoms with Gasteiger partial charge in [0.25, 0.3) is 0 Å². The van der Waals surface area contributed by atoms with Crippen molar-refractivity contribution in [3.63, 3.8) is 0 Å². The van der Waals surface area contributed by atoms with E-state index >= 15 is 0 Å². The van der Waals surface area contributed by atoms with Crippen LogP contribution < -0.4 is 10.1 Å². The van der Waals surface area contributed by atoms with Crippen LogP contribution in [-0.2, 0) is 11.3 Å². The number of ether oxygens (including phenoxy) is 1. The van der Waals surface area contributed by atoms with Crippen molar-refractivity contribution < 1.29 is 23.2 Å². The minimum atomic E-state index is -2.92. The number of halogens is 2. The smallest absolute Gasteiger partial charge is 0.387 e. The number of hydrogen-bond acceptors (Lipinski definition) is 5. The first-order chi connectivity index (χ1) is 11.8. The number of benzene rings is 1. The topological polar surface area (TPSA) is 99.3 Å². The molecule has 0 saturated heterocycles. The molecule has 1 amide bonds. The second-order valence-corrected chi connectivity index (χ2v) is 5.42. The first-order valence-electron chi connectivity index (χ1n) is 7.29. The third-order valence-electron chi connectivity index (χ3n) is 3.42. The van der Waals surface area contributed by atoms with Gasteiger partial charge in [0.2, 0.25) is 5.91 Å². The molecule has 0 spiro atoms. The molecule has 0 aliphatic rings. The first-order valence-corrected chi connectivity index (χ1v) is 7.29. The summed E-state index contributed by atoms with van der Waals surface area (Å²) < 4.78 is 30.0. The molecule has 1 heterocycles. The number of hydrogen-bond donors (Lipinski definition) is 1. The Balaban J connectivity index is 1.99. The van der Waals surface area contributed by atoms with Gasteiger partial charge in [-0.15, -0.1) is 0 Å². The average molecular weight is 354 g/mol. The number of nitrogens with zero attached hydrogens (tertiary/aromatic N) is 3. The van der Waals surface area contributed by atoms with E-state index in [0.29, 0.717) is 11.3 Å². The Morgan fingerprint density at radius 1 is 1.48 bits per heavy atom. The number of carbonyl (C=O) groups excluding carboxylic acids is 1. The fraction of sp³-hybridized carbons (Fsp3) is 0.333. The SMILES string of the molecule is Cc1cc(OC(F)F)ccc1NC(=O)C(C)Cn1cc([N+](=O)[O-])cn1. The highest BCUT2D eigenvalue weighted by molar-refractivity contribution is 5.93. The maximum atomic E-state index is 12.2. The predicted octanol–water partition coefficient (Wildman–Crippen LogP) is 2.98. The number of rotatable bonds is 7. The van der Waals surface area contributed by atoms with Crippen molar-refractivity contribution in [2.45, 2.75) is 27.0 Å². The van der Waals surface area contributed by atoms with E-state index in [9.17, 15) is 23.7 Å². The zero-order valence-electron chi connectivity index (χ0n) is 13.5. The van der Waals surface area contributed by atoms with E-state index in [0.717, 1.165) is 6.20 Å². The van der Waals surface area contributed by atoms with Crippen molar-refractivity contribution >= 4 is 17.3 Å². The van der Waals surface area contributed by atoms with Crippen molar-refractivity contribution in [2.75, 3.05) is 5.32 Å². The van der Waals surface area contributed by atoms with Crippen LogP contribution in [0.5, 0.6) is 5.75 Å². The van der Waals surface area contributed by atoms with Gasteiger partial charge in [-0.1, -0.05) is 6.92 Å². The van der Waals surface area contributed by atoms with Gasteiger partial charge in [0.15, 0.2) is 0 Å². The second kappa shape index (κ2) is 7.69. The number of carbonyl (C=O) groups is 1. The lowest BCUT2D eigenvalue weighted by Crippen LogP contribution is -2.25. The molecule has 0 radical (unpaired) electrons. The van der Waals surface area contributed by atoms with Crippen LogP contribution in [-0.4, -0.2) is 27.2 Å². The van der Waals surface area contributed by atoms with Gasteiger partial charge >= 0.3 is 12.3 Å². The second-order valence-electron chi connectivity index (χ2n) is 5.42. The third-order valence-corrected chi connectivity index (χ3v) is 3.42. The normalized spacial score (nSPS) is 12.0. The molecule has 1 unspecified atom stereocenters. The summed E-state index contributed by atoms with van der Waals surface area (Å²) >= 11 is 0. The Hall–Kier alpha value is -3.04. The van der Waals surface area contributed by atoms with Gasteiger partial charge in [-0.2, -0.15) is 13.9 Å². The van der Waals surface area contributed by atoms with Crippen LogP contribution in [0.2, 0.25) is 0 Å². The van der Waals surface area contributed by atoms with Crippen molar-refractivity contribution in [2.24, 2.45) is 5.92 Å². The van der Waals surface area contributed by atoms with Crippen molar-refractivity contribution in [3.8, 4) is 5.75 Å². The molecule has 1 aromatic carbocycles. The molecule has 8 nitrogen and oxygen atoms in total. The Morgan fingerprint density at radius 2 is 2.20 bits per heavy atom. The number of aryl methyl sites for hydroxylation is 1. The zero-order valence-corrected chi connectivity index (χ0v) is 13.5. The highest BCUT2D eigenvalue weighted by atomic mass is 19.3. The summed E-state index contributed by atoms with van der Waals surface area (Å²) in [5.41, 5.74) is 0.872. The molecule has 0 bridgehead atoms. The van der Waals surface area contributed by atoms with Gasteiger partial charge in [0.05, 0.1) is 17.4 Å². The van der Waals surface area contributed by atoms with E-state index < -0.39 is 17.5 Å². The summed E-state index contributed by atoms with van der Waals surface area (Å²) in [6.07, 6.45) is 2.35. The highest BCUT2D eigenvalue weighted by Crippen LogP contribution is 2.23. The summed E-state index contributed by atoms with van der Waals surface area (Å²) in [4.78, 5) is 22.3. The molecule has 0 saturated carbocycles. The number of amides is 1. The van der Waals surface area contributed by atoms with Gasteiger partial charge < -0.3 is 10.1 Å². The van der Waals surface area contributed by atoms with Gasteiger partial charge in [-0.25, -0.2) is 0 Å². The lowest BCUT2D eigenvalue weighted by atomic mass is 10.1. The average Bonchev–Trinajstić information content (AvgIpc) is 2.98. The summed E-state index contributed by atoms with van der Waals surface area (Å²) in [6.45, 7) is 0.533. The maximum absolute atomic E-state index is 12.2.